The highest BCUT2D eigenvalue weighted by Gasteiger charge is 2.26. The number of rotatable bonds is 3. The van der Waals surface area contributed by atoms with Crippen LogP contribution in [0.15, 0.2) is 42.6 Å². The molecule has 0 radical (unpaired) electrons. The summed E-state index contributed by atoms with van der Waals surface area (Å²) < 4.78 is 0. The lowest BCUT2D eigenvalue weighted by Crippen LogP contribution is -2.41. The van der Waals surface area contributed by atoms with Crippen molar-refractivity contribution < 1.29 is 4.79 Å². The second kappa shape index (κ2) is 7.56. The molecule has 0 atom stereocenters. The van der Waals surface area contributed by atoms with Crippen molar-refractivity contribution in [2.75, 3.05) is 18.4 Å². The number of hydrogen-bond acceptors (Lipinski definition) is 4. The summed E-state index contributed by atoms with van der Waals surface area (Å²) in [6.45, 7) is 4.13. The van der Waals surface area contributed by atoms with E-state index in [9.17, 15) is 4.79 Å². The molecule has 1 aliphatic heterocycles. The Bertz CT molecular complexity index is 1070. The number of anilines is 1. The van der Waals surface area contributed by atoms with Crippen molar-refractivity contribution in [3.8, 4) is 0 Å². The quantitative estimate of drug-likeness (QED) is 0.735. The lowest BCUT2D eigenvalue weighted by Gasteiger charge is -2.36. The molecule has 1 saturated carbocycles. The molecule has 1 aliphatic carbocycles. The van der Waals surface area contributed by atoms with E-state index in [2.05, 4.69) is 32.3 Å². The van der Waals surface area contributed by atoms with E-state index in [4.69, 9.17) is 0 Å². The van der Waals surface area contributed by atoms with Crippen LogP contribution in [0.1, 0.15) is 46.4 Å². The van der Waals surface area contributed by atoms with Gasteiger partial charge in [-0.15, -0.1) is 0 Å². The molecule has 3 heterocycles. The molecule has 0 saturated heterocycles. The van der Waals surface area contributed by atoms with Crippen molar-refractivity contribution >= 4 is 22.6 Å². The molecule has 1 fully saturated rings. The molecule has 1 N–H and O–H groups in total. The Kier molecular flexibility index (Phi) is 4.76. The van der Waals surface area contributed by atoms with Gasteiger partial charge in [0.1, 0.15) is 0 Å². The number of carbonyl (C=O) groups is 1. The molecule has 148 valence electrons. The standard InChI is InChI=1S/C24H26N4O/c1-16-22(15-19-4-3-11-25-23(19)26-16)24(29)27-20-8-7-17-9-12-28(21-5-2-6-21)13-10-18(17)14-20/h3-4,7-8,11,14-15,21H,2,5-6,9-10,12-13H2,1H3,(H,27,29). The summed E-state index contributed by atoms with van der Waals surface area (Å²) >= 11 is 0. The van der Waals surface area contributed by atoms with Crippen molar-refractivity contribution in [1.29, 1.82) is 0 Å². The van der Waals surface area contributed by atoms with Crippen LogP contribution in [0.25, 0.3) is 11.0 Å². The van der Waals surface area contributed by atoms with Gasteiger partial charge in [0, 0.05) is 36.4 Å². The summed E-state index contributed by atoms with van der Waals surface area (Å²) in [5.74, 6) is -0.120. The van der Waals surface area contributed by atoms with Crippen molar-refractivity contribution in [1.82, 2.24) is 14.9 Å². The normalized spacial score (nSPS) is 17.4. The minimum Gasteiger partial charge on any atom is -0.322 e. The molecule has 5 nitrogen and oxygen atoms in total. The smallest absolute Gasteiger partial charge is 0.257 e. The molecule has 2 aliphatic rings. The summed E-state index contributed by atoms with van der Waals surface area (Å²) in [7, 11) is 0. The highest BCUT2D eigenvalue weighted by molar-refractivity contribution is 6.06. The van der Waals surface area contributed by atoms with Crippen LogP contribution in [-0.4, -0.2) is 39.9 Å². The topological polar surface area (TPSA) is 58.1 Å². The third-order valence-electron chi connectivity index (χ3n) is 6.42. The fourth-order valence-electron chi connectivity index (χ4n) is 4.46. The monoisotopic (exact) mass is 386 g/mol. The van der Waals surface area contributed by atoms with Crippen molar-refractivity contribution in [2.45, 2.75) is 45.1 Å². The number of nitrogens with zero attached hydrogens (tertiary/aromatic N) is 3. The van der Waals surface area contributed by atoms with Gasteiger partial charge < -0.3 is 5.32 Å². The Morgan fingerprint density at radius 3 is 2.72 bits per heavy atom. The van der Waals surface area contributed by atoms with E-state index in [0.717, 1.165) is 43.0 Å². The van der Waals surface area contributed by atoms with E-state index in [1.165, 1.54) is 30.4 Å². The number of carbonyl (C=O) groups excluding carboxylic acids is 1. The fraction of sp³-hybridized carbons (Fsp3) is 0.375. The molecular formula is C24H26N4O. The van der Waals surface area contributed by atoms with Crippen LogP contribution in [0.5, 0.6) is 0 Å². The van der Waals surface area contributed by atoms with Gasteiger partial charge in [0.05, 0.1) is 11.3 Å². The molecule has 2 aromatic heterocycles. The van der Waals surface area contributed by atoms with Gasteiger partial charge in [-0.25, -0.2) is 9.97 Å². The zero-order chi connectivity index (χ0) is 19.8. The summed E-state index contributed by atoms with van der Waals surface area (Å²) in [6.07, 6.45) is 7.96. The van der Waals surface area contributed by atoms with Crippen molar-refractivity contribution in [2.24, 2.45) is 0 Å². The molecule has 3 aromatic rings. The molecule has 1 amide bonds. The van der Waals surface area contributed by atoms with Crippen LogP contribution in [-0.2, 0) is 12.8 Å². The fourth-order valence-corrected chi connectivity index (χ4v) is 4.46. The first kappa shape index (κ1) is 18.3. The zero-order valence-electron chi connectivity index (χ0n) is 16.8. The number of benzene rings is 1. The van der Waals surface area contributed by atoms with E-state index >= 15 is 0 Å². The number of hydrogen-bond donors (Lipinski definition) is 1. The Morgan fingerprint density at radius 2 is 1.93 bits per heavy atom. The van der Waals surface area contributed by atoms with Gasteiger partial charge in [0.15, 0.2) is 5.65 Å². The Balaban J connectivity index is 1.34. The second-order valence-electron chi connectivity index (χ2n) is 8.23. The van der Waals surface area contributed by atoms with Crippen LogP contribution in [0.4, 0.5) is 5.69 Å². The maximum atomic E-state index is 12.9. The number of aromatic nitrogens is 2. The summed E-state index contributed by atoms with van der Waals surface area (Å²) in [5.41, 5.74) is 5.59. The van der Waals surface area contributed by atoms with E-state index < -0.39 is 0 Å². The van der Waals surface area contributed by atoms with Crippen LogP contribution in [0, 0.1) is 6.92 Å². The Hall–Kier alpha value is -2.79. The van der Waals surface area contributed by atoms with Gasteiger partial charge in [0.2, 0.25) is 0 Å². The highest BCUT2D eigenvalue weighted by atomic mass is 16.1. The average molecular weight is 386 g/mol. The number of nitrogens with one attached hydrogen (secondary N) is 1. The minimum absolute atomic E-state index is 0.120. The molecular weight excluding hydrogens is 360 g/mol. The van der Waals surface area contributed by atoms with Crippen molar-refractivity contribution in [3.05, 3.63) is 65.0 Å². The third kappa shape index (κ3) is 3.62. The number of aryl methyl sites for hydroxylation is 1. The summed E-state index contributed by atoms with van der Waals surface area (Å²) in [6, 6.07) is 12.8. The number of pyridine rings is 2. The van der Waals surface area contributed by atoms with Gasteiger partial charge in [-0.1, -0.05) is 12.5 Å². The summed E-state index contributed by atoms with van der Waals surface area (Å²) in [5, 5.41) is 3.95. The molecule has 0 bridgehead atoms. The molecule has 0 spiro atoms. The average Bonchev–Trinajstić information content (AvgIpc) is 2.88. The van der Waals surface area contributed by atoms with E-state index in [1.54, 1.807) is 6.20 Å². The van der Waals surface area contributed by atoms with Crippen LogP contribution < -0.4 is 5.32 Å². The van der Waals surface area contributed by atoms with Gasteiger partial charge in [-0.2, -0.15) is 0 Å². The maximum Gasteiger partial charge on any atom is 0.257 e. The number of fused-ring (bicyclic) bond motifs is 2. The Labute approximate surface area is 171 Å². The third-order valence-corrected chi connectivity index (χ3v) is 6.42. The van der Waals surface area contributed by atoms with E-state index in [-0.39, 0.29) is 5.91 Å². The van der Waals surface area contributed by atoms with Gasteiger partial charge in [-0.3, -0.25) is 9.69 Å². The maximum absolute atomic E-state index is 12.9. The van der Waals surface area contributed by atoms with Crippen LogP contribution in [0.2, 0.25) is 0 Å². The lowest BCUT2D eigenvalue weighted by molar-refractivity contribution is 0.102. The van der Waals surface area contributed by atoms with Crippen LogP contribution in [0.3, 0.4) is 0 Å². The lowest BCUT2D eigenvalue weighted by atomic mass is 9.91. The Morgan fingerprint density at radius 1 is 1.10 bits per heavy atom. The summed E-state index contributed by atoms with van der Waals surface area (Å²) in [4.78, 5) is 24.3. The number of amides is 1. The second-order valence-corrected chi connectivity index (χ2v) is 8.23. The van der Waals surface area contributed by atoms with Gasteiger partial charge >= 0.3 is 0 Å². The van der Waals surface area contributed by atoms with Gasteiger partial charge in [0.25, 0.3) is 5.91 Å². The molecule has 5 heteroatoms. The highest BCUT2D eigenvalue weighted by Crippen LogP contribution is 2.28. The minimum atomic E-state index is -0.120. The van der Waals surface area contributed by atoms with E-state index in [1.807, 2.05) is 31.2 Å². The van der Waals surface area contributed by atoms with E-state index in [0.29, 0.717) is 16.9 Å². The largest absolute Gasteiger partial charge is 0.322 e. The van der Waals surface area contributed by atoms with Crippen LogP contribution >= 0.6 is 0 Å². The molecule has 0 unspecified atom stereocenters. The first-order valence-corrected chi connectivity index (χ1v) is 10.6. The zero-order valence-corrected chi connectivity index (χ0v) is 16.8. The SMILES string of the molecule is Cc1nc2ncccc2cc1C(=O)Nc1ccc2c(c1)CCN(C1CCC1)CC2. The predicted octanol–water partition coefficient (Wildman–Crippen LogP) is 4.14. The first-order valence-electron chi connectivity index (χ1n) is 10.6. The molecule has 1 aromatic carbocycles. The predicted molar refractivity (Wildman–Crippen MR) is 115 cm³/mol. The van der Waals surface area contributed by atoms with Crippen molar-refractivity contribution in [3.63, 3.8) is 0 Å². The molecule has 29 heavy (non-hydrogen) atoms. The van der Waals surface area contributed by atoms with Gasteiger partial charge in [-0.05, 0) is 74.1 Å². The first-order chi connectivity index (χ1) is 14.2. The molecule has 5 rings (SSSR count).